The topological polar surface area (TPSA) is 3.24 Å². The van der Waals surface area contributed by atoms with Crippen LogP contribution in [0.15, 0.2) is 0 Å². The van der Waals surface area contributed by atoms with Gasteiger partial charge in [0.25, 0.3) is 0 Å². The minimum atomic E-state index is 0.689. The van der Waals surface area contributed by atoms with Crippen molar-refractivity contribution in [1.82, 2.24) is 4.90 Å². The molecular formula is C8H18NZr. The van der Waals surface area contributed by atoms with Crippen LogP contribution in [-0.2, 0) is 24.7 Å². The molecule has 0 aromatic rings. The molecule has 0 radical (unpaired) electrons. The van der Waals surface area contributed by atoms with Gasteiger partial charge in [0.05, 0.1) is 0 Å². The molecule has 0 bridgehead atoms. The fourth-order valence-electron chi connectivity index (χ4n) is 1.49. The zero-order valence-electron chi connectivity index (χ0n) is 7.68. The van der Waals surface area contributed by atoms with Crippen molar-refractivity contribution in [3.63, 3.8) is 0 Å². The summed E-state index contributed by atoms with van der Waals surface area (Å²) in [6, 6.07) is 1.38. The second-order valence-electron chi connectivity index (χ2n) is 3.31. The molecule has 10 heavy (non-hydrogen) atoms. The third kappa shape index (κ3) is 3.30. The van der Waals surface area contributed by atoms with Gasteiger partial charge in [-0.15, -0.1) is 0 Å². The normalized spacial score (nSPS) is 15.1. The number of hydrogen-bond donors (Lipinski definition) is 0. The Bertz CT molecular complexity index is 70.2. The van der Waals surface area contributed by atoms with E-state index in [0.29, 0.717) is 12.1 Å². The van der Waals surface area contributed by atoms with Gasteiger partial charge in [-0.3, -0.25) is 0 Å². The molecule has 1 nitrogen and oxygen atoms in total. The number of nitrogens with zero attached hydrogens (tertiary/aromatic N) is 1. The third-order valence-electron chi connectivity index (χ3n) is 1.64. The van der Waals surface area contributed by atoms with Gasteiger partial charge < -0.3 is 0 Å². The SMILES string of the molecule is CC(C)N(C(C)C)[CH](C)[Zr]. The van der Waals surface area contributed by atoms with Crippen molar-refractivity contribution in [2.45, 2.75) is 50.5 Å². The van der Waals surface area contributed by atoms with Crippen LogP contribution in [0.1, 0.15) is 34.6 Å². The third-order valence-corrected chi connectivity index (χ3v) is 2.37. The summed E-state index contributed by atoms with van der Waals surface area (Å²) in [5.74, 6) is 0. The van der Waals surface area contributed by atoms with E-state index in [-0.39, 0.29) is 0 Å². The summed E-state index contributed by atoms with van der Waals surface area (Å²) in [5, 5.41) is 0. The van der Waals surface area contributed by atoms with Gasteiger partial charge in [0.15, 0.2) is 0 Å². The molecular weight excluding hydrogens is 201 g/mol. The van der Waals surface area contributed by atoms with Crippen LogP contribution in [0.25, 0.3) is 0 Å². The van der Waals surface area contributed by atoms with E-state index in [1.54, 1.807) is 24.7 Å². The quantitative estimate of drug-likeness (QED) is 0.702. The van der Waals surface area contributed by atoms with E-state index < -0.39 is 0 Å². The molecule has 59 valence electrons. The van der Waals surface area contributed by atoms with Crippen LogP contribution in [0, 0.1) is 0 Å². The summed E-state index contributed by atoms with van der Waals surface area (Å²) in [5.41, 5.74) is 0. The monoisotopic (exact) mass is 218 g/mol. The molecule has 0 aliphatic carbocycles. The Kier molecular flexibility index (Phi) is 5.06. The Morgan fingerprint density at radius 1 is 0.900 bits per heavy atom. The maximum atomic E-state index is 2.54. The van der Waals surface area contributed by atoms with Gasteiger partial charge in [0, 0.05) is 0 Å². The van der Waals surface area contributed by atoms with Crippen LogP contribution in [0.2, 0.25) is 0 Å². The van der Waals surface area contributed by atoms with E-state index in [9.17, 15) is 0 Å². The van der Waals surface area contributed by atoms with Crippen LogP contribution in [0.5, 0.6) is 0 Å². The first kappa shape index (κ1) is 10.8. The standard InChI is InChI=1S/C8H18N.Zr/c1-6-9(7(2)3)8(4)5;/h6-8H,1-5H3;. The second kappa shape index (κ2) is 4.67. The Morgan fingerprint density at radius 2 is 1.20 bits per heavy atom. The van der Waals surface area contributed by atoms with Gasteiger partial charge in [0.1, 0.15) is 0 Å². The maximum absolute atomic E-state index is 2.54. The number of rotatable bonds is 3. The second-order valence-corrected chi connectivity index (χ2v) is 5.36. The van der Waals surface area contributed by atoms with Gasteiger partial charge in [0.2, 0.25) is 0 Å². The van der Waals surface area contributed by atoms with Crippen molar-refractivity contribution >= 4 is 0 Å². The molecule has 0 N–H and O–H groups in total. The van der Waals surface area contributed by atoms with Gasteiger partial charge in [-0.25, -0.2) is 0 Å². The molecule has 0 aliphatic rings. The van der Waals surface area contributed by atoms with Crippen molar-refractivity contribution < 1.29 is 24.7 Å². The molecule has 0 aromatic heterocycles. The van der Waals surface area contributed by atoms with E-state index in [4.69, 9.17) is 0 Å². The molecule has 0 saturated heterocycles. The first-order valence-corrected chi connectivity index (χ1v) is 5.37. The fraction of sp³-hybridized carbons (Fsp3) is 1.00. The average Bonchev–Trinajstić information content (AvgIpc) is 1.59. The van der Waals surface area contributed by atoms with Crippen molar-refractivity contribution in [3.05, 3.63) is 0 Å². The summed E-state index contributed by atoms with van der Waals surface area (Å²) in [6.45, 7) is 11.3. The van der Waals surface area contributed by atoms with Crippen LogP contribution in [0.3, 0.4) is 0 Å². The molecule has 0 spiro atoms. The summed E-state index contributed by atoms with van der Waals surface area (Å²) < 4.78 is 0.757. The van der Waals surface area contributed by atoms with E-state index in [1.807, 2.05) is 0 Å². The molecule has 1 atom stereocenters. The Hall–Kier alpha value is 0.843. The Morgan fingerprint density at radius 3 is 1.20 bits per heavy atom. The van der Waals surface area contributed by atoms with E-state index >= 15 is 0 Å². The zero-order chi connectivity index (χ0) is 8.31. The van der Waals surface area contributed by atoms with Gasteiger partial charge in [-0.1, -0.05) is 0 Å². The summed E-state index contributed by atoms with van der Waals surface area (Å²) in [7, 11) is 0. The molecule has 0 saturated carbocycles. The predicted octanol–water partition coefficient (Wildman–Crippen LogP) is 2.00. The molecule has 0 fully saturated rings. The van der Waals surface area contributed by atoms with Crippen LogP contribution in [0.4, 0.5) is 0 Å². The van der Waals surface area contributed by atoms with Crippen LogP contribution in [-0.4, -0.2) is 20.7 Å². The van der Waals surface area contributed by atoms with Crippen LogP contribution < -0.4 is 0 Å². The molecule has 0 heterocycles. The van der Waals surface area contributed by atoms with E-state index in [0.717, 1.165) is 3.75 Å². The average molecular weight is 219 g/mol. The van der Waals surface area contributed by atoms with Crippen molar-refractivity contribution in [2.75, 3.05) is 0 Å². The van der Waals surface area contributed by atoms with Gasteiger partial charge in [-0.2, -0.15) is 0 Å². The Balaban J connectivity index is 3.98. The Labute approximate surface area is 80.0 Å². The van der Waals surface area contributed by atoms with Gasteiger partial charge >= 0.3 is 80.1 Å². The van der Waals surface area contributed by atoms with E-state index in [1.165, 1.54) is 0 Å². The summed E-state index contributed by atoms with van der Waals surface area (Å²) >= 11 is 1.62. The van der Waals surface area contributed by atoms with Crippen molar-refractivity contribution in [3.8, 4) is 0 Å². The number of hydrogen-bond acceptors (Lipinski definition) is 1. The summed E-state index contributed by atoms with van der Waals surface area (Å²) in [6.07, 6.45) is 0. The molecule has 0 amide bonds. The van der Waals surface area contributed by atoms with Gasteiger partial charge in [-0.05, 0) is 0 Å². The molecule has 2 heteroatoms. The van der Waals surface area contributed by atoms with E-state index in [2.05, 4.69) is 39.5 Å². The molecule has 0 rings (SSSR count). The van der Waals surface area contributed by atoms with Crippen LogP contribution >= 0.6 is 0 Å². The van der Waals surface area contributed by atoms with Crippen molar-refractivity contribution in [1.29, 1.82) is 0 Å². The zero-order valence-corrected chi connectivity index (χ0v) is 10.1. The summed E-state index contributed by atoms with van der Waals surface area (Å²) in [4.78, 5) is 2.54. The molecule has 1 unspecified atom stereocenters. The minimum absolute atomic E-state index is 0.689. The fourth-order valence-corrected chi connectivity index (χ4v) is 2.96. The first-order valence-electron chi connectivity index (χ1n) is 3.95. The molecule has 0 aliphatic heterocycles. The molecule has 0 aromatic carbocycles. The first-order chi connectivity index (χ1) is 4.46. The predicted molar refractivity (Wildman–Crippen MR) is 41.6 cm³/mol. The van der Waals surface area contributed by atoms with Crippen molar-refractivity contribution in [2.24, 2.45) is 0 Å².